The van der Waals surface area contributed by atoms with Crippen LogP contribution in [0.1, 0.15) is 25.0 Å². The molecule has 0 radical (unpaired) electrons. The Morgan fingerprint density at radius 2 is 1.64 bits per heavy atom. The van der Waals surface area contributed by atoms with Crippen molar-refractivity contribution in [1.29, 1.82) is 0 Å². The van der Waals surface area contributed by atoms with Crippen molar-refractivity contribution in [3.8, 4) is 11.5 Å². The van der Waals surface area contributed by atoms with Crippen LogP contribution in [0.25, 0.3) is 0 Å². The molecule has 1 aliphatic heterocycles. The Morgan fingerprint density at radius 1 is 1.00 bits per heavy atom. The van der Waals surface area contributed by atoms with Crippen LogP contribution < -0.4 is 14.2 Å². The van der Waals surface area contributed by atoms with Crippen LogP contribution in [-0.4, -0.2) is 27.2 Å². The molecular formula is C19H23NO4S. The van der Waals surface area contributed by atoms with Crippen molar-refractivity contribution in [3.63, 3.8) is 0 Å². The second-order valence-corrected chi connectivity index (χ2v) is 8.64. The van der Waals surface area contributed by atoms with E-state index in [4.69, 9.17) is 9.47 Å². The molecule has 0 aliphatic carbocycles. The largest absolute Gasteiger partial charge is 0.486 e. The summed E-state index contributed by atoms with van der Waals surface area (Å²) in [6, 6.07) is 12.8. The number of hydrogen-bond acceptors (Lipinski definition) is 4. The Balaban J connectivity index is 1.78. The molecule has 3 rings (SSSR count). The third-order valence-electron chi connectivity index (χ3n) is 4.00. The molecule has 25 heavy (non-hydrogen) atoms. The van der Waals surface area contributed by atoms with Gasteiger partial charge in [0.2, 0.25) is 10.0 Å². The predicted octanol–water partition coefficient (Wildman–Crippen LogP) is 3.07. The molecule has 5 nitrogen and oxygen atoms in total. The summed E-state index contributed by atoms with van der Waals surface area (Å²) in [6.07, 6.45) is 0.594. The first-order chi connectivity index (χ1) is 11.8. The fraction of sp³-hybridized carbons (Fsp3) is 0.368. The monoisotopic (exact) mass is 361 g/mol. The second kappa shape index (κ2) is 6.69. The molecule has 0 unspecified atom stereocenters. The fourth-order valence-electron chi connectivity index (χ4n) is 2.87. The van der Waals surface area contributed by atoms with Gasteiger partial charge < -0.3 is 9.47 Å². The highest BCUT2D eigenvalue weighted by molar-refractivity contribution is 7.89. The third kappa shape index (κ3) is 4.32. The smallest absolute Gasteiger partial charge is 0.241 e. The second-order valence-electron chi connectivity index (χ2n) is 6.96. The minimum atomic E-state index is -3.67. The van der Waals surface area contributed by atoms with Crippen LogP contribution in [0.5, 0.6) is 11.5 Å². The zero-order valence-electron chi connectivity index (χ0n) is 14.7. The molecule has 0 amide bonds. The van der Waals surface area contributed by atoms with E-state index < -0.39 is 15.6 Å². The number of fused-ring (bicyclic) bond motifs is 1. The van der Waals surface area contributed by atoms with Gasteiger partial charge in [-0.25, -0.2) is 13.1 Å². The molecule has 0 atom stereocenters. The summed E-state index contributed by atoms with van der Waals surface area (Å²) in [5.74, 6) is 1.04. The molecular weight excluding hydrogens is 338 g/mol. The van der Waals surface area contributed by atoms with E-state index in [1.165, 1.54) is 17.7 Å². The fourth-order valence-corrected chi connectivity index (χ4v) is 4.29. The topological polar surface area (TPSA) is 64.6 Å². The molecule has 134 valence electrons. The van der Waals surface area contributed by atoms with Crippen LogP contribution in [0.2, 0.25) is 0 Å². The molecule has 0 spiro atoms. The van der Waals surface area contributed by atoms with Crippen LogP contribution >= 0.6 is 0 Å². The molecule has 0 saturated carbocycles. The van der Waals surface area contributed by atoms with Crippen LogP contribution in [-0.2, 0) is 16.4 Å². The lowest BCUT2D eigenvalue weighted by Gasteiger charge is -2.26. The van der Waals surface area contributed by atoms with Gasteiger partial charge in [0.1, 0.15) is 13.2 Å². The Hall–Kier alpha value is -2.05. The summed E-state index contributed by atoms with van der Waals surface area (Å²) >= 11 is 0. The van der Waals surface area contributed by atoms with Gasteiger partial charge in [-0.15, -0.1) is 0 Å². The number of aryl methyl sites for hydroxylation is 1. The van der Waals surface area contributed by atoms with Gasteiger partial charge in [0.15, 0.2) is 11.5 Å². The minimum Gasteiger partial charge on any atom is -0.486 e. The van der Waals surface area contributed by atoms with E-state index in [0.717, 1.165) is 5.56 Å². The maximum absolute atomic E-state index is 12.8. The van der Waals surface area contributed by atoms with Crippen molar-refractivity contribution in [1.82, 2.24) is 4.72 Å². The van der Waals surface area contributed by atoms with Crippen molar-refractivity contribution in [2.24, 2.45) is 0 Å². The minimum absolute atomic E-state index is 0.175. The lowest BCUT2D eigenvalue weighted by atomic mass is 9.96. The van der Waals surface area contributed by atoms with Gasteiger partial charge >= 0.3 is 0 Å². The zero-order chi connectivity index (χ0) is 18.1. The Bertz CT molecular complexity index is 857. The highest BCUT2D eigenvalue weighted by Gasteiger charge is 2.27. The quantitative estimate of drug-likeness (QED) is 0.889. The van der Waals surface area contributed by atoms with E-state index in [9.17, 15) is 8.42 Å². The average molecular weight is 361 g/mol. The van der Waals surface area contributed by atoms with E-state index in [-0.39, 0.29) is 4.90 Å². The molecule has 1 heterocycles. The van der Waals surface area contributed by atoms with E-state index in [1.54, 1.807) is 6.07 Å². The number of sulfonamides is 1. The number of ether oxygens (including phenoxy) is 2. The summed E-state index contributed by atoms with van der Waals surface area (Å²) in [4.78, 5) is 0.175. The molecule has 0 aromatic heterocycles. The number of benzene rings is 2. The van der Waals surface area contributed by atoms with E-state index >= 15 is 0 Å². The first-order valence-corrected chi connectivity index (χ1v) is 9.73. The van der Waals surface area contributed by atoms with Crippen molar-refractivity contribution >= 4 is 10.0 Å². The van der Waals surface area contributed by atoms with Crippen molar-refractivity contribution in [2.75, 3.05) is 13.2 Å². The SMILES string of the molecule is Cc1ccc(CC(C)(C)NS(=O)(=O)c2ccc3c(c2)OCCO3)cc1. The summed E-state index contributed by atoms with van der Waals surface area (Å²) in [7, 11) is -3.67. The normalized spacial score (nSPS) is 14.4. The van der Waals surface area contributed by atoms with Gasteiger partial charge in [-0.3, -0.25) is 0 Å². The summed E-state index contributed by atoms with van der Waals surface area (Å²) in [5.41, 5.74) is 1.64. The van der Waals surface area contributed by atoms with E-state index in [2.05, 4.69) is 4.72 Å². The molecule has 0 fully saturated rings. The Morgan fingerprint density at radius 3 is 2.32 bits per heavy atom. The summed E-state index contributed by atoms with van der Waals surface area (Å²) < 4.78 is 39.3. The highest BCUT2D eigenvalue weighted by Crippen LogP contribution is 2.32. The first kappa shape index (κ1) is 17.8. The number of rotatable bonds is 5. The van der Waals surface area contributed by atoms with Crippen molar-refractivity contribution < 1.29 is 17.9 Å². The molecule has 1 aliphatic rings. The van der Waals surface area contributed by atoms with Crippen molar-refractivity contribution in [2.45, 2.75) is 37.6 Å². The Labute approximate surface area is 149 Å². The highest BCUT2D eigenvalue weighted by atomic mass is 32.2. The van der Waals surface area contributed by atoms with Gasteiger partial charge in [-0.05, 0) is 44.9 Å². The molecule has 2 aromatic carbocycles. The van der Waals surface area contributed by atoms with Crippen LogP contribution in [0.3, 0.4) is 0 Å². The van der Waals surface area contributed by atoms with E-state index in [0.29, 0.717) is 31.1 Å². The van der Waals surface area contributed by atoms with Gasteiger partial charge in [0.25, 0.3) is 0 Å². The van der Waals surface area contributed by atoms with Gasteiger partial charge in [-0.1, -0.05) is 29.8 Å². The molecule has 1 N–H and O–H groups in total. The van der Waals surface area contributed by atoms with Crippen LogP contribution in [0.15, 0.2) is 47.4 Å². The van der Waals surface area contributed by atoms with Gasteiger partial charge in [0, 0.05) is 11.6 Å². The van der Waals surface area contributed by atoms with Crippen LogP contribution in [0.4, 0.5) is 0 Å². The molecule has 0 bridgehead atoms. The Kier molecular flexibility index (Phi) is 4.75. The number of hydrogen-bond donors (Lipinski definition) is 1. The summed E-state index contributed by atoms with van der Waals surface area (Å²) in [5, 5.41) is 0. The van der Waals surface area contributed by atoms with E-state index in [1.807, 2.05) is 45.0 Å². The zero-order valence-corrected chi connectivity index (χ0v) is 15.5. The maximum Gasteiger partial charge on any atom is 0.241 e. The number of nitrogens with one attached hydrogen (secondary N) is 1. The lowest BCUT2D eigenvalue weighted by molar-refractivity contribution is 0.171. The van der Waals surface area contributed by atoms with Crippen molar-refractivity contribution in [3.05, 3.63) is 53.6 Å². The predicted molar refractivity (Wildman–Crippen MR) is 96.7 cm³/mol. The molecule has 6 heteroatoms. The lowest BCUT2D eigenvalue weighted by Crippen LogP contribution is -2.45. The molecule has 0 saturated heterocycles. The van der Waals surface area contributed by atoms with Gasteiger partial charge in [-0.2, -0.15) is 0 Å². The summed E-state index contributed by atoms with van der Waals surface area (Å²) in [6.45, 7) is 6.67. The average Bonchev–Trinajstić information content (AvgIpc) is 2.55. The molecule has 2 aromatic rings. The third-order valence-corrected chi connectivity index (χ3v) is 5.70. The first-order valence-electron chi connectivity index (χ1n) is 8.24. The maximum atomic E-state index is 12.8. The van der Waals surface area contributed by atoms with Gasteiger partial charge in [0.05, 0.1) is 4.90 Å². The van der Waals surface area contributed by atoms with Crippen LogP contribution in [0, 0.1) is 6.92 Å². The standard InChI is InChI=1S/C19H23NO4S/c1-14-4-6-15(7-5-14)13-19(2,3)20-25(21,22)16-8-9-17-18(12-16)24-11-10-23-17/h4-9,12,20H,10-11,13H2,1-3H3.